The van der Waals surface area contributed by atoms with Crippen LogP contribution in [0.4, 0.5) is 0 Å². The Morgan fingerprint density at radius 2 is 1.82 bits per heavy atom. The molecule has 22 heavy (non-hydrogen) atoms. The Hall–Kier alpha value is -1.64. The van der Waals surface area contributed by atoms with Gasteiger partial charge in [-0.25, -0.2) is 17.9 Å². The van der Waals surface area contributed by atoms with Crippen molar-refractivity contribution >= 4 is 16.0 Å². The summed E-state index contributed by atoms with van der Waals surface area (Å²) < 4.78 is 36.8. The largest absolute Gasteiger partial charge is 0.491 e. The van der Waals surface area contributed by atoms with E-state index >= 15 is 0 Å². The molecule has 0 radical (unpaired) electrons. The van der Waals surface area contributed by atoms with E-state index in [1.165, 1.54) is 19.1 Å². The van der Waals surface area contributed by atoms with Crippen LogP contribution in [0.15, 0.2) is 29.2 Å². The highest BCUT2D eigenvalue weighted by molar-refractivity contribution is 7.89. The van der Waals surface area contributed by atoms with Gasteiger partial charge in [-0.1, -0.05) is 0 Å². The van der Waals surface area contributed by atoms with Gasteiger partial charge < -0.3 is 14.6 Å². The number of rotatable bonds is 9. The number of hydrogen-bond acceptors (Lipinski definition) is 5. The second kappa shape index (κ2) is 8.11. The summed E-state index contributed by atoms with van der Waals surface area (Å²) in [7, 11) is -3.66. The van der Waals surface area contributed by atoms with Gasteiger partial charge in [0.15, 0.2) is 6.10 Å². The van der Waals surface area contributed by atoms with Crippen LogP contribution in [0.3, 0.4) is 0 Å². The molecule has 1 aromatic carbocycles. The number of aliphatic carboxylic acids is 1. The van der Waals surface area contributed by atoms with E-state index < -0.39 is 22.1 Å². The average Bonchev–Trinajstić information content (AvgIpc) is 2.43. The van der Waals surface area contributed by atoms with Crippen LogP contribution >= 0.6 is 0 Å². The number of nitrogens with one attached hydrogen (secondary N) is 1. The molecular formula is C14H21NO6S. The molecule has 1 unspecified atom stereocenters. The molecule has 1 aromatic rings. The molecular weight excluding hydrogens is 310 g/mol. The van der Waals surface area contributed by atoms with Crippen LogP contribution in [0.2, 0.25) is 0 Å². The van der Waals surface area contributed by atoms with E-state index in [0.29, 0.717) is 5.75 Å². The van der Waals surface area contributed by atoms with E-state index in [2.05, 4.69) is 4.72 Å². The molecule has 0 aromatic heterocycles. The van der Waals surface area contributed by atoms with Gasteiger partial charge in [-0.3, -0.25) is 0 Å². The smallest absolute Gasteiger partial charge is 0.332 e. The normalized spacial score (nSPS) is 13.1. The molecule has 0 spiro atoms. The summed E-state index contributed by atoms with van der Waals surface area (Å²) in [6, 6.07) is 6.05. The van der Waals surface area contributed by atoms with Gasteiger partial charge in [-0.15, -0.1) is 0 Å². The minimum atomic E-state index is -3.66. The molecule has 2 N–H and O–H groups in total. The van der Waals surface area contributed by atoms with Crippen molar-refractivity contribution in [3.8, 4) is 5.75 Å². The molecule has 0 amide bonds. The zero-order valence-corrected chi connectivity index (χ0v) is 13.6. The van der Waals surface area contributed by atoms with Crippen LogP contribution in [-0.4, -0.2) is 44.9 Å². The minimum Gasteiger partial charge on any atom is -0.491 e. The lowest BCUT2D eigenvalue weighted by molar-refractivity contribution is -0.148. The van der Waals surface area contributed by atoms with Crippen molar-refractivity contribution in [1.29, 1.82) is 0 Å². The predicted molar refractivity (Wildman–Crippen MR) is 80.4 cm³/mol. The number of hydrogen-bond donors (Lipinski definition) is 2. The maximum Gasteiger partial charge on any atom is 0.332 e. The van der Waals surface area contributed by atoms with Crippen LogP contribution in [0.25, 0.3) is 0 Å². The molecule has 0 aliphatic heterocycles. The van der Waals surface area contributed by atoms with Crippen molar-refractivity contribution < 1.29 is 27.8 Å². The summed E-state index contributed by atoms with van der Waals surface area (Å²) in [5.41, 5.74) is 0. The highest BCUT2D eigenvalue weighted by atomic mass is 32.2. The number of ether oxygens (including phenoxy) is 2. The zero-order chi connectivity index (χ0) is 16.8. The van der Waals surface area contributed by atoms with Crippen LogP contribution in [-0.2, 0) is 19.6 Å². The third-order valence-electron chi connectivity index (χ3n) is 2.62. The van der Waals surface area contributed by atoms with Crippen molar-refractivity contribution in [3.63, 3.8) is 0 Å². The Bertz CT molecular complexity index is 582. The zero-order valence-electron chi connectivity index (χ0n) is 12.8. The Morgan fingerprint density at radius 3 is 2.32 bits per heavy atom. The summed E-state index contributed by atoms with van der Waals surface area (Å²) in [6.07, 6.45) is -0.967. The van der Waals surface area contributed by atoms with E-state index in [1.54, 1.807) is 12.1 Å². The van der Waals surface area contributed by atoms with Gasteiger partial charge in [-0.05, 0) is 45.0 Å². The van der Waals surface area contributed by atoms with Crippen molar-refractivity contribution in [3.05, 3.63) is 24.3 Å². The summed E-state index contributed by atoms with van der Waals surface area (Å²) in [6.45, 7) is 5.10. The first-order chi connectivity index (χ1) is 10.2. The van der Waals surface area contributed by atoms with Crippen molar-refractivity contribution in [2.45, 2.75) is 37.9 Å². The summed E-state index contributed by atoms with van der Waals surface area (Å²) >= 11 is 0. The molecule has 7 nitrogen and oxygen atoms in total. The highest BCUT2D eigenvalue weighted by Crippen LogP contribution is 2.16. The van der Waals surface area contributed by atoms with E-state index in [9.17, 15) is 13.2 Å². The molecule has 1 rings (SSSR count). The van der Waals surface area contributed by atoms with E-state index in [1.807, 2.05) is 13.8 Å². The standard InChI is InChI=1S/C14H21NO6S/c1-10(2)21-12-4-6-13(7-5-12)22(18,19)15-8-9-20-11(3)14(16)17/h4-7,10-11,15H,8-9H2,1-3H3,(H,16,17). The first-order valence-corrected chi connectivity index (χ1v) is 8.31. The van der Waals surface area contributed by atoms with Gasteiger partial charge >= 0.3 is 5.97 Å². The van der Waals surface area contributed by atoms with Gasteiger partial charge in [0.2, 0.25) is 10.0 Å². The van der Waals surface area contributed by atoms with Crippen LogP contribution in [0.1, 0.15) is 20.8 Å². The number of carboxylic acid groups (broad SMARTS) is 1. The predicted octanol–water partition coefficient (Wildman–Crippen LogP) is 1.24. The SMILES string of the molecule is CC(C)Oc1ccc(S(=O)(=O)NCCOC(C)C(=O)O)cc1. The monoisotopic (exact) mass is 331 g/mol. The van der Waals surface area contributed by atoms with Crippen molar-refractivity contribution in [2.75, 3.05) is 13.2 Å². The fourth-order valence-corrected chi connectivity index (χ4v) is 2.55. The summed E-state index contributed by atoms with van der Waals surface area (Å²) in [5.74, 6) is -0.504. The second-order valence-electron chi connectivity index (χ2n) is 4.89. The second-order valence-corrected chi connectivity index (χ2v) is 6.65. The van der Waals surface area contributed by atoms with Crippen LogP contribution in [0, 0.1) is 0 Å². The summed E-state index contributed by atoms with van der Waals surface area (Å²) in [4.78, 5) is 10.7. The van der Waals surface area contributed by atoms with Crippen LogP contribution in [0.5, 0.6) is 5.75 Å². The lowest BCUT2D eigenvalue weighted by Crippen LogP contribution is -2.30. The first kappa shape index (κ1) is 18.4. The summed E-state index contributed by atoms with van der Waals surface area (Å²) in [5, 5.41) is 8.63. The third kappa shape index (κ3) is 6.00. The molecule has 124 valence electrons. The Morgan fingerprint density at radius 1 is 1.23 bits per heavy atom. The Kier molecular flexibility index (Phi) is 6.79. The van der Waals surface area contributed by atoms with Crippen molar-refractivity contribution in [1.82, 2.24) is 4.72 Å². The number of benzene rings is 1. The maximum absolute atomic E-state index is 12.0. The Balaban J connectivity index is 2.54. The number of sulfonamides is 1. The molecule has 1 atom stereocenters. The van der Waals surface area contributed by atoms with Gasteiger partial charge in [0, 0.05) is 6.54 Å². The molecule has 0 aliphatic carbocycles. The molecule has 0 bridgehead atoms. The van der Waals surface area contributed by atoms with Gasteiger partial charge in [-0.2, -0.15) is 0 Å². The Labute approximate surface area is 130 Å². The van der Waals surface area contributed by atoms with Gasteiger partial charge in [0.05, 0.1) is 17.6 Å². The van der Waals surface area contributed by atoms with Gasteiger partial charge in [0.25, 0.3) is 0 Å². The molecule has 0 heterocycles. The molecule has 0 saturated heterocycles. The molecule has 0 aliphatic rings. The molecule has 0 saturated carbocycles. The number of carboxylic acids is 1. The average molecular weight is 331 g/mol. The van der Waals surface area contributed by atoms with E-state index in [0.717, 1.165) is 0 Å². The topological polar surface area (TPSA) is 102 Å². The quantitative estimate of drug-likeness (QED) is 0.660. The molecule has 8 heteroatoms. The molecule has 0 fully saturated rings. The van der Waals surface area contributed by atoms with Crippen LogP contribution < -0.4 is 9.46 Å². The van der Waals surface area contributed by atoms with E-state index in [4.69, 9.17) is 14.6 Å². The minimum absolute atomic E-state index is 0.00829. The third-order valence-corrected chi connectivity index (χ3v) is 4.09. The maximum atomic E-state index is 12.0. The van der Waals surface area contributed by atoms with Gasteiger partial charge in [0.1, 0.15) is 5.75 Å². The lowest BCUT2D eigenvalue weighted by Gasteiger charge is -2.11. The van der Waals surface area contributed by atoms with E-state index in [-0.39, 0.29) is 24.2 Å². The first-order valence-electron chi connectivity index (χ1n) is 6.83. The fourth-order valence-electron chi connectivity index (χ4n) is 1.54. The lowest BCUT2D eigenvalue weighted by atomic mass is 10.3. The fraction of sp³-hybridized carbons (Fsp3) is 0.500. The number of carbonyl (C=O) groups is 1. The highest BCUT2D eigenvalue weighted by Gasteiger charge is 2.15. The van der Waals surface area contributed by atoms with Crippen molar-refractivity contribution in [2.24, 2.45) is 0 Å².